The van der Waals surface area contributed by atoms with E-state index in [2.05, 4.69) is 28.9 Å². The van der Waals surface area contributed by atoms with Crippen molar-refractivity contribution >= 4 is 5.78 Å². The zero-order chi connectivity index (χ0) is 15.9. The number of benzene rings is 1. The molecule has 22 heavy (non-hydrogen) atoms. The predicted octanol–water partition coefficient (Wildman–Crippen LogP) is 3.10. The maximum absolute atomic E-state index is 12.1. The van der Waals surface area contributed by atoms with Gasteiger partial charge in [0.25, 0.3) is 0 Å². The van der Waals surface area contributed by atoms with E-state index in [4.69, 9.17) is 0 Å². The molecule has 0 amide bonds. The Morgan fingerprint density at radius 3 is 2.36 bits per heavy atom. The smallest absolute Gasteiger partial charge is 0.164 e. The molecule has 1 aliphatic rings. The first kappa shape index (κ1) is 17.2. The molecule has 0 unspecified atom stereocenters. The van der Waals surface area contributed by atoms with Gasteiger partial charge in [-0.2, -0.15) is 0 Å². The summed E-state index contributed by atoms with van der Waals surface area (Å²) >= 11 is 0. The van der Waals surface area contributed by atoms with Crippen molar-refractivity contribution in [2.45, 2.75) is 32.6 Å². The molecule has 1 aromatic carbocycles. The lowest BCUT2D eigenvalue weighted by atomic mass is 9.89. The molecule has 0 atom stereocenters. The minimum atomic E-state index is 0.247. The van der Waals surface area contributed by atoms with Crippen molar-refractivity contribution in [2.24, 2.45) is 5.92 Å². The first-order valence-electron chi connectivity index (χ1n) is 8.57. The van der Waals surface area contributed by atoms with Crippen LogP contribution in [0.5, 0.6) is 0 Å². The highest BCUT2D eigenvalue weighted by Gasteiger charge is 2.18. The second-order valence-corrected chi connectivity index (χ2v) is 6.76. The van der Waals surface area contributed by atoms with E-state index in [-0.39, 0.29) is 5.78 Å². The van der Waals surface area contributed by atoms with E-state index in [1.165, 1.54) is 38.0 Å². The summed E-state index contributed by atoms with van der Waals surface area (Å²) in [6, 6.07) is 8.31. The van der Waals surface area contributed by atoms with Crippen LogP contribution >= 0.6 is 0 Å². The number of hydrogen-bond donors (Lipinski definition) is 0. The number of rotatable bonds is 7. The molecular formula is C19H30N2O. The summed E-state index contributed by atoms with van der Waals surface area (Å²) in [4.78, 5) is 16.7. The van der Waals surface area contributed by atoms with Crippen LogP contribution in [0.4, 0.5) is 0 Å². The molecule has 1 aliphatic heterocycles. The van der Waals surface area contributed by atoms with Crippen LogP contribution in [0.2, 0.25) is 0 Å². The van der Waals surface area contributed by atoms with Crippen LogP contribution in [0, 0.1) is 5.92 Å². The summed E-state index contributed by atoms with van der Waals surface area (Å²) in [5, 5.41) is 0. The number of ketones is 1. The van der Waals surface area contributed by atoms with Crippen LogP contribution in [0.15, 0.2) is 24.3 Å². The van der Waals surface area contributed by atoms with Gasteiger partial charge in [0.05, 0.1) is 0 Å². The quantitative estimate of drug-likeness (QED) is 0.723. The lowest BCUT2D eigenvalue weighted by molar-refractivity contribution is 0.0972. The lowest BCUT2D eigenvalue weighted by Gasteiger charge is -2.31. The van der Waals surface area contributed by atoms with Crippen LogP contribution in [0.3, 0.4) is 0 Å². The third-order valence-electron chi connectivity index (χ3n) is 4.74. The van der Waals surface area contributed by atoms with E-state index in [1.54, 1.807) is 0 Å². The van der Waals surface area contributed by atoms with Gasteiger partial charge in [0.1, 0.15) is 0 Å². The van der Waals surface area contributed by atoms with Crippen molar-refractivity contribution < 1.29 is 4.79 Å². The maximum atomic E-state index is 12.1. The molecular weight excluding hydrogens is 272 g/mol. The standard InChI is InChI=1S/C19H30N2O/c1-4-21-13-9-17(10-14-21)15-16-5-7-18(8-6-16)19(22)11-12-20(2)3/h5-8,17H,4,9-15H2,1-3H3. The van der Waals surface area contributed by atoms with Gasteiger partial charge < -0.3 is 9.80 Å². The summed E-state index contributed by atoms with van der Waals surface area (Å²) in [7, 11) is 4.00. The molecule has 0 spiro atoms. The molecule has 1 aromatic rings. The summed E-state index contributed by atoms with van der Waals surface area (Å²) in [6.07, 6.45) is 4.36. The Hall–Kier alpha value is -1.19. The minimum Gasteiger partial charge on any atom is -0.309 e. The summed E-state index contributed by atoms with van der Waals surface area (Å²) in [5.41, 5.74) is 2.23. The number of hydrogen-bond acceptors (Lipinski definition) is 3. The van der Waals surface area contributed by atoms with Crippen molar-refractivity contribution in [3.63, 3.8) is 0 Å². The molecule has 2 rings (SSSR count). The van der Waals surface area contributed by atoms with Gasteiger partial charge >= 0.3 is 0 Å². The largest absolute Gasteiger partial charge is 0.309 e. The van der Waals surface area contributed by atoms with E-state index < -0.39 is 0 Å². The first-order valence-corrected chi connectivity index (χ1v) is 8.57. The van der Waals surface area contributed by atoms with Crippen molar-refractivity contribution in [3.05, 3.63) is 35.4 Å². The second-order valence-electron chi connectivity index (χ2n) is 6.76. The summed E-state index contributed by atoms with van der Waals surface area (Å²) < 4.78 is 0. The number of carbonyl (C=O) groups excluding carboxylic acids is 1. The molecule has 122 valence electrons. The topological polar surface area (TPSA) is 23.6 Å². The number of carbonyl (C=O) groups is 1. The van der Waals surface area contributed by atoms with Gasteiger partial charge in [0, 0.05) is 18.5 Å². The van der Waals surface area contributed by atoms with Gasteiger partial charge in [0.2, 0.25) is 0 Å². The van der Waals surface area contributed by atoms with E-state index in [0.29, 0.717) is 6.42 Å². The average Bonchev–Trinajstić information content (AvgIpc) is 2.54. The Bertz CT molecular complexity index is 459. The Balaban J connectivity index is 1.83. The third-order valence-corrected chi connectivity index (χ3v) is 4.74. The molecule has 0 aliphatic carbocycles. The zero-order valence-corrected chi connectivity index (χ0v) is 14.3. The highest BCUT2D eigenvalue weighted by Crippen LogP contribution is 2.21. The van der Waals surface area contributed by atoms with Gasteiger partial charge in [-0.25, -0.2) is 0 Å². The van der Waals surface area contributed by atoms with Gasteiger partial charge in [0.15, 0.2) is 5.78 Å². The third kappa shape index (κ3) is 5.22. The van der Waals surface area contributed by atoms with Crippen molar-refractivity contribution in [1.29, 1.82) is 0 Å². The molecule has 3 nitrogen and oxygen atoms in total. The van der Waals surface area contributed by atoms with Crippen LogP contribution in [0.1, 0.15) is 42.1 Å². The van der Waals surface area contributed by atoms with E-state index in [1.807, 2.05) is 26.2 Å². The molecule has 1 fully saturated rings. The van der Waals surface area contributed by atoms with E-state index in [9.17, 15) is 4.79 Å². The number of Topliss-reactive ketones (excluding diaryl/α,β-unsaturated/α-hetero) is 1. The summed E-state index contributed by atoms with van der Waals surface area (Å²) in [6.45, 7) is 6.71. The highest BCUT2D eigenvalue weighted by molar-refractivity contribution is 5.96. The Morgan fingerprint density at radius 1 is 1.18 bits per heavy atom. The summed E-state index contributed by atoms with van der Waals surface area (Å²) in [5.74, 6) is 1.05. The van der Waals surface area contributed by atoms with E-state index in [0.717, 1.165) is 24.4 Å². The molecule has 3 heteroatoms. The van der Waals surface area contributed by atoms with Crippen LogP contribution < -0.4 is 0 Å². The van der Waals surface area contributed by atoms with E-state index >= 15 is 0 Å². The van der Waals surface area contributed by atoms with Crippen molar-refractivity contribution in [3.8, 4) is 0 Å². The molecule has 1 heterocycles. The fourth-order valence-corrected chi connectivity index (χ4v) is 3.14. The highest BCUT2D eigenvalue weighted by atomic mass is 16.1. The number of piperidine rings is 1. The zero-order valence-electron chi connectivity index (χ0n) is 14.3. The van der Waals surface area contributed by atoms with Crippen LogP contribution in [-0.2, 0) is 6.42 Å². The average molecular weight is 302 g/mol. The van der Waals surface area contributed by atoms with Crippen molar-refractivity contribution in [1.82, 2.24) is 9.80 Å². The fourth-order valence-electron chi connectivity index (χ4n) is 3.14. The monoisotopic (exact) mass is 302 g/mol. The molecule has 0 N–H and O–H groups in total. The normalized spacial score (nSPS) is 17.1. The van der Waals surface area contributed by atoms with Crippen molar-refractivity contribution in [2.75, 3.05) is 40.3 Å². The van der Waals surface area contributed by atoms with Gasteiger partial charge in [-0.05, 0) is 64.5 Å². The molecule has 0 radical (unpaired) electrons. The molecule has 0 saturated carbocycles. The fraction of sp³-hybridized carbons (Fsp3) is 0.632. The lowest BCUT2D eigenvalue weighted by Crippen LogP contribution is -2.34. The number of likely N-dealkylation sites (tertiary alicyclic amines) is 1. The Labute approximate surface area is 135 Å². The first-order chi connectivity index (χ1) is 10.6. The molecule has 1 saturated heterocycles. The Morgan fingerprint density at radius 2 is 1.82 bits per heavy atom. The van der Waals surface area contributed by atoms with Gasteiger partial charge in [-0.3, -0.25) is 4.79 Å². The Kier molecular flexibility index (Phi) is 6.59. The number of nitrogens with zero attached hydrogens (tertiary/aromatic N) is 2. The van der Waals surface area contributed by atoms with Crippen LogP contribution in [-0.4, -0.2) is 55.9 Å². The van der Waals surface area contributed by atoms with Gasteiger partial charge in [-0.15, -0.1) is 0 Å². The van der Waals surface area contributed by atoms with Crippen LogP contribution in [0.25, 0.3) is 0 Å². The van der Waals surface area contributed by atoms with Gasteiger partial charge in [-0.1, -0.05) is 31.2 Å². The predicted molar refractivity (Wildman–Crippen MR) is 92.5 cm³/mol. The molecule has 0 bridgehead atoms. The minimum absolute atomic E-state index is 0.247. The SMILES string of the molecule is CCN1CCC(Cc2ccc(C(=O)CCN(C)C)cc2)CC1. The second kappa shape index (κ2) is 8.44. The molecule has 0 aromatic heterocycles. The maximum Gasteiger partial charge on any atom is 0.164 e.